The largest absolute Gasteiger partial charge is 0.452 e. The molecule has 25 heavy (non-hydrogen) atoms. The molecule has 2 aromatic rings. The van der Waals surface area contributed by atoms with Crippen molar-refractivity contribution in [3.8, 4) is 6.07 Å². The monoisotopic (exact) mass is 354 g/mol. The van der Waals surface area contributed by atoms with Gasteiger partial charge in [0.2, 0.25) is 0 Å². The highest BCUT2D eigenvalue weighted by Crippen LogP contribution is 2.22. The van der Waals surface area contributed by atoms with Crippen LogP contribution >= 0.6 is 11.8 Å². The van der Waals surface area contributed by atoms with Gasteiger partial charge in [-0.05, 0) is 43.7 Å². The molecule has 5 nitrogen and oxygen atoms in total. The van der Waals surface area contributed by atoms with E-state index in [-0.39, 0.29) is 5.75 Å². The van der Waals surface area contributed by atoms with Crippen LogP contribution in [-0.4, -0.2) is 23.7 Å². The number of thioether (sulfide) groups is 1. The SMILES string of the molecule is Cc1ccccc1SCC(=O)O[C@H](C)C(=O)Nc1cccc(C#N)c1. The minimum absolute atomic E-state index is 0.131. The number of hydrogen-bond acceptors (Lipinski definition) is 5. The Labute approximate surface area is 151 Å². The lowest BCUT2D eigenvalue weighted by Crippen LogP contribution is -2.30. The summed E-state index contributed by atoms with van der Waals surface area (Å²) in [6.07, 6.45) is -0.921. The fourth-order valence-electron chi connectivity index (χ4n) is 2.05. The van der Waals surface area contributed by atoms with Crippen molar-refractivity contribution in [3.05, 3.63) is 59.7 Å². The molecule has 0 saturated carbocycles. The maximum atomic E-state index is 12.1. The highest BCUT2D eigenvalue weighted by molar-refractivity contribution is 8.00. The van der Waals surface area contributed by atoms with Crippen molar-refractivity contribution in [3.63, 3.8) is 0 Å². The van der Waals surface area contributed by atoms with Gasteiger partial charge in [-0.2, -0.15) is 5.26 Å². The van der Waals surface area contributed by atoms with E-state index in [9.17, 15) is 9.59 Å². The van der Waals surface area contributed by atoms with Crippen LogP contribution < -0.4 is 5.32 Å². The number of aryl methyl sites for hydroxylation is 1. The maximum Gasteiger partial charge on any atom is 0.317 e. The first-order chi connectivity index (χ1) is 12.0. The van der Waals surface area contributed by atoms with Crippen LogP contribution in [0.25, 0.3) is 0 Å². The van der Waals surface area contributed by atoms with Gasteiger partial charge in [-0.15, -0.1) is 11.8 Å². The molecule has 0 aliphatic heterocycles. The van der Waals surface area contributed by atoms with Crippen molar-refractivity contribution in [2.45, 2.75) is 24.8 Å². The van der Waals surface area contributed by atoms with E-state index in [0.717, 1.165) is 10.5 Å². The highest BCUT2D eigenvalue weighted by Gasteiger charge is 2.18. The lowest BCUT2D eigenvalue weighted by molar-refractivity contribution is -0.150. The van der Waals surface area contributed by atoms with Gasteiger partial charge in [0.1, 0.15) is 0 Å². The third kappa shape index (κ3) is 5.66. The number of carbonyl (C=O) groups is 2. The predicted octanol–water partition coefficient (Wildman–Crippen LogP) is 3.53. The van der Waals surface area contributed by atoms with Crippen molar-refractivity contribution < 1.29 is 14.3 Å². The molecular weight excluding hydrogens is 336 g/mol. The van der Waals surface area contributed by atoms with Crippen LogP contribution in [-0.2, 0) is 14.3 Å². The van der Waals surface area contributed by atoms with E-state index in [1.165, 1.54) is 18.7 Å². The van der Waals surface area contributed by atoms with E-state index in [1.807, 2.05) is 37.3 Å². The summed E-state index contributed by atoms with van der Waals surface area (Å²) in [5.74, 6) is -0.766. The molecule has 0 fully saturated rings. The quantitative estimate of drug-likeness (QED) is 0.634. The summed E-state index contributed by atoms with van der Waals surface area (Å²) in [5, 5.41) is 11.5. The number of anilines is 1. The average molecular weight is 354 g/mol. The highest BCUT2D eigenvalue weighted by atomic mass is 32.2. The van der Waals surface area contributed by atoms with Crippen LogP contribution in [0.1, 0.15) is 18.1 Å². The lowest BCUT2D eigenvalue weighted by atomic mass is 10.2. The summed E-state index contributed by atoms with van der Waals surface area (Å²) in [4.78, 5) is 25.0. The standard InChI is InChI=1S/C19H18N2O3S/c1-13-6-3-4-9-17(13)25-12-18(22)24-14(2)19(23)21-16-8-5-7-15(10-16)11-20/h3-10,14H,12H2,1-2H3,(H,21,23)/t14-/m1/s1. The lowest BCUT2D eigenvalue weighted by Gasteiger charge is -2.14. The number of nitrogens with one attached hydrogen (secondary N) is 1. The number of rotatable bonds is 6. The second-order valence-electron chi connectivity index (χ2n) is 5.37. The number of nitrogens with zero attached hydrogens (tertiary/aromatic N) is 1. The molecule has 0 radical (unpaired) electrons. The summed E-state index contributed by atoms with van der Waals surface area (Å²) >= 11 is 1.38. The zero-order chi connectivity index (χ0) is 18.2. The van der Waals surface area contributed by atoms with Crippen LogP contribution in [0.4, 0.5) is 5.69 Å². The molecule has 0 aliphatic carbocycles. The fraction of sp³-hybridized carbons (Fsp3) is 0.211. The molecule has 0 saturated heterocycles. The molecule has 0 spiro atoms. The number of amides is 1. The van der Waals surface area contributed by atoms with E-state index in [1.54, 1.807) is 24.3 Å². The Morgan fingerprint density at radius 2 is 2.00 bits per heavy atom. The third-order valence-corrected chi connectivity index (χ3v) is 4.52. The van der Waals surface area contributed by atoms with Crippen molar-refractivity contribution in [2.24, 2.45) is 0 Å². The zero-order valence-corrected chi connectivity index (χ0v) is 14.8. The smallest absolute Gasteiger partial charge is 0.317 e. The van der Waals surface area contributed by atoms with Crippen LogP contribution in [0.5, 0.6) is 0 Å². The first kappa shape index (κ1) is 18.6. The van der Waals surface area contributed by atoms with Crippen molar-refractivity contribution in [1.29, 1.82) is 5.26 Å². The molecule has 128 valence electrons. The second-order valence-corrected chi connectivity index (χ2v) is 6.39. The molecule has 2 rings (SSSR count). The Bertz CT molecular complexity index is 814. The first-order valence-electron chi connectivity index (χ1n) is 7.68. The molecule has 6 heteroatoms. The van der Waals surface area contributed by atoms with E-state index < -0.39 is 18.0 Å². The van der Waals surface area contributed by atoms with Gasteiger partial charge < -0.3 is 10.1 Å². The number of esters is 1. The molecule has 0 bridgehead atoms. The van der Waals surface area contributed by atoms with Gasteiger partial charge in [-0.1, -0.05) is 24.3 Å². The van der Waals surface area contributed by atoms with E-state index in [4.69, 9.17) is 10.00 Å². The Morgan fingerprint density at radius 3 is 2.72 bits per heavy atom. The first-order valence-corrected chi connectivity index (χ1v) is 8.67. The topological polar surface area (TPSA) is 79.2 Å². The third-order valence-electron chi connectivity index (χ3n) is 3.38. The van der Waals surface area contributed by atoms with E-state index in [2.05, 4.69) is 5.32 Å². The normalized spacial score (nSPS) is 11.2. The molecule has 0 unspecified atom stereocenters. The molecule has 0 heterocycles. The summed E-state index contributed by atoms with van der Waals surface area (Å²) in [6.45, 7) is 3.49. The summed E-state index contributed by atoms with van der Waals surface area (Å²) < 4.78 is 5.17. The average Bonchev–Trinajstić information content (AvgIpc) is 2.61. The van der Waals surface area contributed by atoms with Gasteiger partial charge in [0, 0.05) is 10.6 Å². The van der Waals surface area contributed by atoms with E-state index in [0.29, 0.717) is 11.3 Å². The minimum atomic E-state index is -0.921. The number of benzene rings is 2. The summed E-state index contributed by atoms with van der Waals surface area (Å²) in [7, 11) is 0. The van der Waals surface area contributed by atoms with Crippen molar-refractivity contribution >= 4 is 29.3 Å². The molecule has 1 atom stereocenters. The fourth-order valence-corrected chi connectivity index (χ4v) is 2.86. The summed E-state index contributed by atoms with van der Waals surface area (Å²) in [6, 6.07) is 16.3. The molecule has 0 aliphatic rings. The van der Waals surface area contributed by atoms with Crippen LogP contribution in [0, 0.1) is 18.3 Å². The van der Waals surface area contributed by atoms with Crippen molar-refractivity contribution in [1.82, 2.24) is 0 Å². The molecular formula is C19H18N2O3S. The van der Waals surface area contributed by atoms with Crippen molar-refractivity contribution in [2.75, 3.05) is 11.1 Å². The predicted molar refractivity (Wildman–Crippen MR) is 97.2 cm³/mol. The van der Waals surface area contributed by atoms with E-state index >= 15 is 0 Å². The number of hydrogen-bond donors (Lipinski definition) is 1. The zero-order valence-electron chi connectivity index (χ0n) is 14.0. The van der Waals surface area contributed by atoms with Gasteiger partial charge in [0.05, 0.1) is 17.4 Å². The minimum Gasteiger partial charge on any atom is -0.452 e. The van der Waals surface area contributed by atoms with Gasteiger partial charge in [-0.3, -0.25) is 9.59 Å². The van der Waals surface area contributed by atoms with Crippen LogP contribution in [0.3, 0.4) is 0 Å². The van der Waals surface area contributed by atoms with Gasteiger partial charge in [0.25, 0.3) is 5.91 Å². The molecule has 1 N–H and O–H groups in total. The Hall–Kier alpha value is -2.78. The van der Waals surface area contributed by atoms with Crippen LogP contribution in [0.15, 0.2) is 53.4 Å². The number of carbonyl (C=O) groups excluding carboxylic acids is 2. The number of ether oxygens (including phenoxy) is 1. The molecule has 2 aromatic carbocycles. The molecule has 0 aromatic heterocycles. The maximum absolute atomic E-state index is 12.1. The van der Waals surface area contributed by atoms with Gasteiger partial charge >= 0.3 is 5.97 Å². The molecule has 1 amide bonds. The van der Waals surface area contributed by atoms with Crippen LogP contribution in [0.2, 0.25) is 0 Å². The summed E-state index contributed by atoms with van der Waals surface area (Å²) in [5.41, 5.74) is 2.02. The Kier molecular flexibility index (Phi) is 6.61. The van der Waals surface area contributed by atoms with Gasteiger partial charge in [0.15, 0.2) is 6.10 Å². The van der Waals surface area contributed by atoms with Gasteiger partial charge in [-0.25, -0.2) is 0 Å². The Balaban J connectivity index is 1.84. The second kappa shape index (κ2) is 8.90. The Morgan fingerprint density at radius 1 is 1.24 bits per heavy atom. The number of nitriles is 1.